The molecule has 1 amide bonds. The fourth-order valence-corrected chi connectivity index (χ4v) is 2.22. The van der Waals surface area contributed by atoms with Crippen LogP contribution in [0.4, 0.5) is 0 Å². The van der Waals surface area contributed by atoms with Crippen LogP contribution in [0.1, 0.15) is 22.5 Å². The molecule has 2 rings (SSSR count). The Labute approximate surface area is 125 Å². The molecule has 0 atom stereocenters. The van der Waals surface area contributed by atoms with Crippen LogP contribution in [0.25, 0.3) is 6.08 Å². The van der Waals surface area contributed by atoms with E-state index in [-0.39, 0.29) is 5.91 Å². The molecule has 4 heteroatoms. The van der Waals surface area contributed by atoms with E-state index in [0.29, 0.717) is 6.54 Å². The Hall–Kier alpha value is -2.36. The van der Waals surface area contributed by atoms with Crippen molar-refractivity contribution in [3.8, 4) is 0 Å². The number of aryl methyl sites for hydroxylation is 2. The summed E-state index contributed by atoms with van der Waals surface area (Å²) in [5.41, 5.74) is 4.22. The zero-order valence-electron chi connectivity index (χ0n) is 12.8. The van der Waals surface area contributed by atoms with Crippen LogP contribution in [-0.4, -0.2) is 22.2 Å². The van der Waals surface area contributed by atoms with Gasteiger partial charge < -0.3 is 5.32 Å². The highest BCUT2D eigenvalue weighted by molar-refractivity contribution is 5.91. The van der Waals surface area contributed by atoms with Gasteiger partial charge in [0.1, 0.15) is 0 Å². The molecule has 1 heterocycles. The summed E-state index contributed by atoms with van der Waals surface area (Å²) in [4.78, 5) is 11.8. The summed E-state index contributed by atoms with van der Waals surface area (Å²) < 4.78 is 1.82. The van der Waals surface area contributed by atoms with Gasteiger partial charge in [-0.1, -0.05) is 30.3 Å². The average molecular weight is 283 g/mol. The Kier molecular flexibility index (Phi) is 4.93. The highest BCUT2D eigenvalue weighted by atomic mass is 16.1. The number of nitrogens with one attached hydrogen (secondary N) is 1. The van der Waals surface area contributed by atoms with E-state index in [4.69, 9.17) is 0 Å². The highest BCUT2D eigenvalue weighted by Crippen LogP contribution is 2.13. The van der Waals surface area contributed by atoms with Crippen LogP contribution in [0.3, 0.4) is 0 Å². The second-order valence-corrected chi connectivity index (χ2v) is 5.07. The summed E-state index contributed by atoms with van der Waals surface area (Å²) in [5, 5.41) is 7.22. The molecule has 1 aromatic heterocycles. The molecular formula is C17H21N3O. The molecule has 0 bridgehead atoms. The molecule has 4 nitrogen and oxygen atoms in total. The minimum absolute atomic E-state index is 0.0754. The molecule has 0 saturated heterocycles. The van der Waals surface area contributed by atoms with Crippen LogP contribution in [0.2, 0.25) is 0 Å². The van der Waals surface area contributed by atoms with E-state index in [2.05, 4.69) is 22.5 Å². The van der Waals surface area contributed by atoms with E-state index in [1.54, 1.807) is 6.08 Å². The van der Waals surface area contributed by atoms with Crippen LogP contribution in [0.15, 0.2) is 36.4 Å². The van der Waals surface area contributed by atoms with Crippen molar-refractivity contribution in [3.05, 3.63) is 58.9 Å². The lowest BCUT2D eigenvalue weighted by molar-refractivity contribution is -0.116. The molecule has 1 N–H and O–H groups in total. The summed E-state index contributed by atoms with van der Waals surface area (Å²) in [6.45, 7) is 4.57. The molecule has 110 valence electrons. The maximum Gasteiger partial charge on any atom is 0.244 e. The van der Waals surface area contributed by atoms with Gasteiger partial charge in [0.2, 0.25) is 5.91 Å². The van der Waals surface area contributed by atoms with Gasteiger partial charge in [-0.3, -0.25) is 9.48 Å². The molecule has 0 unspecified atom stereocenters. The highest BCUT2D eigenvalue weighted by Gasteiger charge is 2.06. The van der Waals surface area contributed by atoms with Crippen molar-refractivity contribution in [1.29, 1.82) is 0 Å². The lowest BCUT2D eigenvalue weighted by Crippen LogP contribution is -2.23. The first kappa shape index (κ1) is 15.0. The second-order valence-electron chi connectivity index (χ2n) is 5.07. The number of aromatic nitrogens is 2. The van der Waals surface area contributed by atoms with E-state index in [0.717, 1.165) is 23.4 Å². The smallest absolute Gasteiger partial charge is 0.244 e. The van der Waals surface area contributed by atoms with Gasteiger partial charge in [-0.2, -0.15) is 5.10 Å². The van der Waals surface area contributed by atoms with Gasteiger partial charge >= 0.3 is 0 Å². The second kappa shape index (κ2) is 6.88. The maximum atomic E-state index is 11.8. The predicted molar refractivity (Wildman–Crippen MR) is 84.9 cm³/mol. The molecule has 0 radical (unpaired) electrons. The summed E-state index contributed by atoms with van der Waals surface area (Å²) in [6, 6.07) is 10.1. The molecule has 0 spiro atoms. The molecule has 21 heavy (non-hydrogen) atoms. The summed E-state index contributed by atoms with van der Waals surface area (Å²) in [7, 11) is 1.90. The van der Waals surface area contributed by atoms with Gasteiger partial charge in [-0.25, -0.2) is 0 Å². The molecule has 0 saturated carbocycles. The Bertz CT molecular complexity index is 642. The fourth-order valence-electron chi connectivity index (χ4n) is 2.22. The van der Waals surface area contributed by atoms with Crippen LogP contribution < -0.4 is 5.32 Å². The fraction of sp³-hybridized carbons (Fsp3) is 0.294. The van der Waals surface area contributed by atoms with Crippen molar-refractivity contribution in [1.82, 2.24) is 15.1 Å². The Morgan fingerprint density at radius 2 is 2.00 bits per heavy atom. The normalized spacial score (nSPS) is 11.0. The van der Waals surface area contributed by atoms with E-state index in [1.165, 1.54) is 5.56 Å². The van der Waals surface area contributed by atoms with Crippen molar-refractivity contribution >= 4 is 12.0 Å². The van der Waals surface area contributed by atoms with Gasteiger partial charge in [-0.15, -0.1) is 0 Å². The number of amides is 1. The number of rotatable bonds is 5. The van der Waals surface area contributed by atoms with Crippen molar-refractivity contribution < 1.29 is 4.79 Å². The average Bonchev–Trinajstić information content (AvgIpc) is 2.71. The molecule has 2 aromatic rings. The van der Waals surface area contributed by atoms with Crippen molar-refractivity contribution in [2.75, 3.05) is 6.54 Å². The Morgan fingerprint density at radius 3 is 2.62 bits per heavy atom. The predicted octanol–water partition coefficient (Wildman–Crippen LogP) is 2.41. The van der Waals surface area contributed by atoms with Gasteiger partial charge in [-0.05, 0) is 31.9 Å². The number of hydrogen-bond donors (Lipinski definition) is 1. The Balaban J connectivity index is 1.86. The van der Waals surface area contributed by atoms with E-state index in [1.807, 2.05) is 49.9 Å². The number of nitrogens with zero attached hydrogens (tertiary/aromatic N) is 2. The van der Waals surface area contributed by atoms with Gasteiger partial charge in [0.15, 0.2) is 0 Å². The minimum atomic E-state index is -0.0754. The van der Waals surface area contributed by atoms with Crippen molar-refractivity contribution in [3.63, 3.8) is 0 Å². The largest absolute Gasteiger partial charge is 0.352 e. The SMILES string of the molecule is Cc1nn(C)c(C)c1/C=C/C(=O)NCCc1ccccc1. The molecule has 0 fully saturated rings. The lowest BCUT2D eigenvalue weighted by Gasteiger charge is -2.02. The quantitative estimate of drug-likeness (QED) is 0.857. The first-order chi connectivity index (χ1) is 10.1. The van der Waals surface area contributed by atoms with E-state index < -0.39 is 0 Å². The van der Waals surface area contributed by atoms with Crippen molar-refractivity contribution in [2.45, 2.75) is 20.3 Å². The summed E-state index contributed by atoms with van der Waals surface area (Å²) in [6.07, 6.45) is 4.24. The standard InChI is InChI=1S/C17H21N3O/c1-13-16(14(2)20(3)19-13)9-10-17(21)18-12-11-15-7-5-4-6-8-15/h4-10H,11-12H2,1-3H3,(H,18,21)/b10-9+. The third-order valence-electron chi connectivity index (χ3n) is 3.52. The van der Waals surface area contributed by atoms with Gasteiger partial charge in [0.05, 0.1) is 5.69 Å². The minimum Gasteiger partial charge on any atom is -0.352 e. The van der Waals surface area contributed by atoms with Crippen LogP contribution in [0, 0.1) is 13.8 Å². The zero-order chi connectivity index (χ0) is 15.2. The van der Waals surface area contributed by atoms with Crippen LogP contribution >= 0.6 is 0 Å². The molecule has 0 aliphatic carbocycles. The van der Waals surface area contributed by atoms with Crippen LogP contribution in [0.5, 0.6) is 0 Å². The zero-order valence-corrected chi connectivity index (χ0v) is 12.8. The number of hydrogen-bond acceptors (Lipinski definition) is 2. The first-order valence-electron chi connectivity index (χ1n) is 7.08. The summed E-state index contributed by atoms with van der Waals surface area (Å²) in [5.74, 6) is -0.0754. The van der Waals surface area contributed by atoms with Gasteiger partial charge in [0, 0.05) is 30.9 Å². The van der Waals surface area contributed by atoms with Crippen LogP contribution in [-0.2, 0) is 18.3 Å². The topological polar surface area (TPSA) is 46.9 Å². The molecule has 1 aromatic carbocycles. The first-order valence-corrected chi connectivity index (χ1v) is 7.08. The van der Waals surface area contributed by atoms with E-state index >= 15 is 0 Å². The molecular weight excluding hydrogens is 262 g/mol. The third kappa shape index (κ3) is 4.05. The van der Waals surface area contributed by atoms with E-state index in [9.17, 15) is 4.79 Å². The van der Waals surface area contributed by atoms with Crippen molar-refractivity contribution in [2.24, 2.45) is 7.05 Å². The maximum absolute atomic E-state index is 11.8. The molecule has 0 aliphatic rings. The third-order valence-corrected chi connectivity index (χ3v) is 3.52. The number of carbonyl (C=O) groups excluding carboxylic acids is 1. The Morgan fingerprint density at radius 1 is 1.29 bits per heavy atom. The monoisotopic (exact) mass is 283 g/mol. The summed E-state index contributed by atoms with van der Waals surface area (Å²) >= 11 is 0. The number of carbonyl (C=O) groups is 1. The molecule has 0 aliphatic heterocycles. The number of benzene rings is 1. The van der Waals surface area contributed by atoms with Gasteiger partial charge in [0.25, 0.3) is 0 Å². The lowest BCUT2D eigenvalue weighted by atomic mass is 10.1.